The highest BCUT2D eigenvalue weighted by Crippen LogP contribution is 2.39. The van der Waals surface area contributed by atoms with Crippen LogP contribution in [0.4, 0.5) is 5.69 Å². The molecule has 1 amide bonds. The van der Waals surface area contributed by atoms with Gasteiger partial charge in [-0.25, -0.2) is 9.48 Å². The van der Waals surface area contributed by atoms with Crippen LogP contribution in [0.2, 0.25) is 5.02 Å². The standard InChI is InChI=1S/C32H24ClN3O5S3/c1-17-10-12-21-24(14-17)43-28(26(21)33)31(39)41-22-13-11-19(15-23(22)40-4)16-25-29(37)35(32(42)44-25)27-18(2)34(3)36(30(27)38)20-8-6-5-7-9-20/h5-16H,1-4H3/b25-16-. The van der Waals surface area contributed by atoms with Gasteiger partial charge in [-0.2, -0.15) is 0 Å². The number of carbonyl (C=O) groups excluding carboxylic acids is 2. The van der Waals surface area contributed by atoms with Crippen LogP contribution in [0.25, 0.3) is 21.8 Å². The van der Waals surface area contributed by atoms with Crippen molar-refractivity contribution in [3.05, 3.63) is 109 Å². The number of benzene rings is 3. The summed E-state index contributed by atoms with van der Waals surface area (Å²) in [5, 5.41) is 1.13. The molecule has 0 spiro atoms. The lowest BCUT2D eigenvalue weighted by atomic mass is 10.1. The number of hydrogen-bond acceptors (Lipinski definition) is 8. The Bertz CT molecular complexity index is 2100. The van der Waals surface area contributed by atoms with Gasteiger partial charge in [0, 0.05) is 17.1 Å². The maximum absolute atomic E-state index is 13.6. The highest BCUT2D eigenvalue weighted by atomic mass is 35.5. The molecule has 0 N–H and O–H groups in total. The number of fused-ring (bicyclic) bond motifs is 1. The first-order chi connectivity index (χ1) is 21.1. The second kappa shape index (κ2) is 11.7. The normalized spacial score (nSPS) is 14.2. The lowest BCUT2D eigenvalue weighted by Crippen LogP contribution is -2.33. The van der Waals surface area contributed by atoms with E-state index in [1.54, 1.807) is 42.9 Å². The molecule has 1 aliphatic heterocycles. The summed E-state index contributed by atoms with van der Waals surface area (Å²) in [6.07, 6.45) is 1.66. The molecule has 12 heteroatoms. The topological polar surface area (TPSA) is 82.8 Å². The van der Waals surface area contributed by atoms with Crippen molar-refractivity contribution in [2.45, 2.75) is 13.8 Å². The Labute approximate surface area is 271 Å². The Kier molecular flexibility index (Phi) is 7.97. The van der Waals surface area contributed by atoms with E-state index < -0.39 is 11.9 Å². The summed E-state index contributed by atoms with van der Waals surface area (Å²) in [4.78, 5) is 42.2. The number of amides is 1. The van der Waals surface area contributed by atoms with E-state index in [2.05, 4.69) is 0 Å². The zero-order valence-electron chi connectivity index (χ0n) is 23.9. The number of carbonyl (C=O) groups is 2. The van der Waals surface area contributed by atoms with Crippen LogP contribution in [-0.2, 0) is 11.8 Å². The van der Waals surface area contributed by atoms with Gasteiger partial charge >= 0.3 is 5.97 Å². The van der Waals surface area contributed by atoms with E-state index in [1.165, 1.54) is 28.0 Å². The highest BCUT2D eigenvalue weighted by Gasteiger charge is 2.37. The van der Waals surface area contributed by atoms with Gasteiger partial charge in [0.25, 0.3) is 11.5 Å². The minimum atomic E-state index is -0.597. The molecule has 2 aromatic heterocycles. The lowest BCUT2D eigenvalue weighted by Gasteiger charge is -2.12. The Morgan fingerprint density at radius 3 is 2.48 bits per heavy atom. The summed E-state index contributed by atoms with van der Waals surface area (Å²) < 4.78 is 15.5. The molecular formula is C32H24ClN3O5S3. The average Bonchev–Trinajstić information content (AvgIpc) is 3.56. The lowest BCUT2D eigenvalue weighted by molar-refractivity contribution is -0.113. The number of para-hydroxylation sites is 1. The van der Waals surface area contributed by atoms with Crippen LogP contribution in [0.15, 0.2) is 76.4 Å². The van der Waals surface area contributed by atoms with Crippen LogP contribution in [0.3, 0.4) is 0 Å². The van der Waals surface area contributed by atoms with Gasteiger partial charge in [-0.15, -0.1) is 11.3 Å². The van der Waals surface area contributed by atoms with Crippen molar-refractivity contribution in [3.63, 3.8) is 0 Å². The monoisotopic (exact) mass is 661 g/mol. The first kappa shape index (κ1) is 29.9. The number of anilines is 1. The third-order valence-corrected chi connectivity index (χ3v) is 10.1. The Hall–Kier alpha value is -4.16. The maximum Gasteiger partial charge on any atom is 0.355 e. The van der Waals surface area contributed by atoms with Crippen molar-refractivity contribution in [1.29, 1.82) is 0 Å². The van der Waals surface area contributed by atoms with Gasteiger partial charge in [0.2, 0.25) is 0 Å². The maximum atomic E-state index is 13.6. The van der Waals surface area contributed by atoms with Gasteiger partial charge in [-0.1, -0.05) is 72.0 Å². The summed E-state index contributed by atoms with van der Waals surface area (Å²) in [7, 11) is 3.22. The molecule has 0 saturated carbocycles. The van der Waals surface area contributed by atoms with Gasteiger partial charge < -0.3 is 9.47 Å². The quantitative estimate of drug-likeness (QED) is 0.0818. The van der Waals surface area contributed by atoms with Gasteiger partial charge in [0.1, 0.15) is 10.6 Å². The van der Waals surface area contributed by atoms with Crippen molar-refractivity contribution in [2.24, 2.45) is 7.05 Å². The molecular weight excluding hydrogens is 638 g/mol. The fraction of sp³-hybridized carbons (Fsp3) is 0.125. The smallest absolute Gasteiger partial charge is 0.355 e. The van der Waals surface area contributed by atoms with Gasteiger partial charge in [0.15, 0.2) is 15.8 Å². The van der Waals surface area contributed by atoms with E-state index in [0.29, 0.717) is 37.5 Å². The molecule has 1 saturated heterocycles. The number of thiocarbonyl (C=S) groups is 1. The van der Waals surface area contributed by atoms with Crippen LogP contribution < -0.4 is 19.9 Å². The molecule has 222 valence electrons. The molecule has 3 aromatic carbocycles. The third kappa shape index (κ3) is 5.15. The first-order valence-electron chi connectivity index (χ1n) is 13.3. The summed E-state index contributed by atoms with van der Waals surface area (Å²) in [5.41, 5.74) is 2.80. The molecule has 0 unspecified atom stereocenters. The number of aromatic nitrogens is 2. The molecule has 0 aliphatic carbocycles. The number of rotatable bonds is 6. The van der Waals surface area contributed by atoms with Crippen molar-refractivity contribution in [1.82, 2.24) is 9.36 Å². The molecule has 44 heavy (non-hydrogen) atoms. The second-order valence-corrected chi connectivity index (χ2v) is 13.1. The van der Waals surface area contributed by atoms with Crippen LogP contribution >= 0.6 is 46.9 Å². The van der Waals surface area contributed by atoms with Gasteiger partial charge in [0.05, 0.1) is 28.4 Å². The number of thioether (sulfide) groups is 1. The zero-order valence-corrected chi connectivity index (χ0v) is 27.1. The molecule has 1 fully saturated rings. The molecule has 8 nitrogen and oxygen atoms in total. The first-order valence-corrected chi connectivity index (χ1v) is 15.7. The predicted molar refractivity (Wildman–Crippen MR) is 181 cm³/mol. The number of hydrogen-bond donors (Lipinski definition) is 0. The summed E-state index contributed by atoms with van der Waals surface area (Å²) in [6, 6.07) is 19.9. The summed E-state index contributed by atoms with van der Waals surface area (Å²) in [6.45, 7) is 3.75. The molecule has 1 aliphatic rings. The Balaban J connectivity index is 1.27. The molecule has 5 aromatic rings. The van der Waals surface area contributed by atoms with Crippen molar-refractivity contribution >= 4 is 85.0 Å². The average molecular weight is 662 g/mol. The number of methoxy groups -OCH3 is 1. The number of ether oxygens (including phenoxy) is 2. The molecule has 6 rings (SSSR count). The van der Waals surface area contributed by atoms with Crippen molar-refractivity contribution in [3.8, 4) is 17.2 Å². The molecule has 0 radical (unpaired) electrons. The predicted octanol–water partition coefficient (Wildman–Crippen LogP) is 7.29. The fourth-order valence-electron chi connectivity index (χ4n) is 4.93. The number of esters is 1. The van der Waals surface area contributed by atoms with Gasteiger partial charge in [-0.05, 0) is 61.4 Å². The third-order valence-electron chi connectivity index (χ3n) is 7.20. The number of thiophene rings is 1. The molecule has 3 heterocycles. The summed E-state index contributed by atoms with van der Waals surface area (Å²) >= 11 is 14.4. The Morgan fingerprint density at radius 1 is 1.00 bits per heavy atom. The van der Waals surface area contributed by atoms with Crippen LogP contribution in [-0.4, -0.2) is 32.7 Å². The zero-order chi connectivity index (χ0) is 31.3. The van der Waals surface area contributed by atoms with E-state index in [1.807, 2.05) is 55.5 Å². The number of nitrogens with zero attached hydrogens (tertiary/aromatic N) is 3. The summed E-state index contributed by atoms with van der Waals surface area (Å²) in [5.74, 6) is -0.510. The van der Waals surface area contributed by atoms with E-state index in [0.717, 1.165) is 27.4 Å². The van der Waals surface area contributed by atoms with E-state index >= 15 is 0 Å². The highest BCUT2D eigenvalue weighted by molar-refractivity contribution is 8.27. The minimum Gasteiger partial charge on any atom is -0.493 e. The van der Waals surface area contributed by atoms with E-state index in [4.69, 9.17) is 33.3 Å². The number of aryl methyl sites for hydroxylation is 1. The Morgan fingerprint density at radius 2 is 1.75 bits per heavy atom. The number of halogens is 1. The van der Waals surface area contributed by atoms with Crippen molar-refractivity contribution < 1.29 is 19.1 Å². The second-order valence-electron chi connectivity index (χ2n) is 9.97. The van der Waals surface area contributed by atoms with Crippen LogP contribution in [0.5, 0.6) is 11.5 Å². The SMILES string of the molecule is COc1cc(/C=C2\SC(=S)N(c3c(C)n(C)n(-c4ccccc4)c3=O)C2=O)ccc1OC(=O)c1sc2cc(C)ccc2c1Cl. The van der Waals surface area contributed by atoms with E-state index in [-0.39, 0.29) is 21.3 Å². The van der Waals surface area contributed by atoms with Crippen LogP contribution in [0.1, 0.15) is 26.5 Å². The van der Waals surface area contributed by atoms with Crippen LogP contribution in [0, 0.1) is 13.8 Å². The molecule has 0 bridgehead atoms. The van der Waals surface area contributed by atoms with Gasteiger partial charge in [-0.3, -0.25) is 19.2 Å². The van der Waals surface area contributed by atoms with Crippen molar-refractivity contribution in [2.75, 3.05) is 12.0 Å². The largest absolute Gasteiger partial charge is 0.493 e. The fourth-order valence-corrected chi connectivity index (χ4v) is 7.69. The molecule has 0 atom stereocenters. The van der Waals surface area contributed by atoms with E-state index in [9.17, 15) is 14.4 Å². The minimum absolute atomic E-state index is 0.202.